The minimum absolute atomic E-state index is 0.0377. The topological polar surface area (TPSA) is 33.5 Å². The summed E-state index contributed by atoms with van der Waals surface area (Å²) in [5.74, 6) is 1.68. The van der Waals surface area contributed by atoms with E-state index in [9.17, 15) is 9.60 Å². The van der Waals surface area contributed by atoms with Crippen molar-refractivity contribution in [3.05, 3.63) is 217 Å². The van der Waals surface area contributed by atoms with Crippen molar-refractivity contribution in [2.75, 3.05) is 16.5 Å². The van der Waals surface area contributed by atoms with E-state index < -0.39 is 28.7 Å². The Labute approximate surface area is 438 Å². The summed E-state index contributed by atoms with van der Waals surface area (Å²) in [5, 5.41) is 1.99. The van der Waals surface area contributed by atoms with Crippen LogP contribution in [-0.4, -0.2) is 16.2 Å². The fourth-order valence-electron chi connectivity index (χ4n) is 9.60. The van der Waals surface area contributed by atoms with Gasteiger partial charge in [0.25, 0.3) is 0 Å². The van der Waals surface area contributed by atoms with Crippen LogP contribution in [0.4, 0.5) is 22.7 Å². The predicted octanol–water partition coefficient (Wildman–Crippen LogP) is 18.4. The van der Waals surface area contributed by atoms with Gasteiger partial charge in [-0.25, -0.2) is 4.98 Å². The summed E-state index contributed by atoms with van der Waals surface area (Å²) in [6, 6.07) is 46.8. The second-order valence-corrected chi connectivity index (χ2v) is 21.7. The van der Waals surface area contributed by atoms with Crippen LogP contribution >= 0.6 is 0 Å². The molecular weight excluding hydrogens is 877 g/mol. The molecule has 0 amide bonds. The van der Waals surface area contributed by atoms with Gasteiger partial charge in [0.15, 0.2) is 0 Å². The van der Waals surface area contributed by atoms with Gasteiger partial charge in [0.05, 0.1) is 37.7 Å². The third-order valence-electron chi connectivity index (χ3n) is 13.1. The van der Waals surface area contributed by atoms with Gasteiger partial charge >= 0.3 is 0 Å². The molecule has 0 spiro atoms. The normalized spacial score (nSPS) is 15.0. The monoisotopic (exact) mass is 950 g/mol. The molecule has 72 heavy (non-hydrogen) atoms. The van der Waals surface area contributed by atoms with Crippen LogP contribution in [0, 0.1) is 5.41 Å². The number of benzene rings is 8. The Morgan fingerprint density at radius 3 is 1.88 bits per heavy atom. The van der Waals surface area contributed by atoms with Gasteiger partial charge in [-0.1, -0.05) is 190 Å². The lowest BCUT2D eigenvalue weighted by Gasteiger charge is -2.29. The molecule has 0 saturated carbocycles. The minimum Gasteiger partial charge on any atom is -0.457 e. The standard InChI is InChI=1S/C67H64N4O/c1-65(2,3)43-45-35-36-68-63(37-45)71-59-26-14-13-23-57(59)58-34-33-54(42-62(58)71)72-53-22-17-21-52(41-53)69-44-70(61-28-16-15-27-60(61)69)64-55(48-31-29-47(30-32-48)46-19-11-10-12-20-46)24-18-25-56(64)49-38-50(66(4,5)6)40-51(39-49)67(7,8)9/h10-42H,43-44H2,1-9H3/i18D,24D,25D,31D,32D,38D,39D,43D2. The first-order chi connectivity index (χ1) is 38.3. The number of hydrogen-bond donors (Lipinski definition) is 0. The summed E-state index contributed by atoms with van der Waals surface area (Å²) < 4.78 is 95.7. The van der Waals surface area contributed by atoms with E-state index in [1.165, 1.54) is 0 Å². The van der Waals surface area contributed by atoms with Crippen molar-refractivity contribution in [3.8, 4) is 50.7 Å². The molecule has 11 rings (SSSR count). The molecule has 1 aliphatic heterocycles. The van der Waals surface area contributed by atoms with E-state index in [1.807, 2.05) is 199 Å². The highest BCUT2D eigenvalue weighted by atomic mass is 16.5. The van der Waals surface area contributed by atoms with Crippen molar-refractivity contribution in [3.63, 3.8) is 0 Å². The SMILES string of the molecule is [2H]c1cc(-c2ccccc2)cc([2H])c1-c1c([2H])c([2H])c([2H])c(-c2c([2H])c(C(C)(C)C)cc(C(C)(C)C)c2[2H])c1N1CN(c2cccc(Oc3ccc4c5ccccc5n(-c5cc(C([2H])([2H])C(C)(C)C)ccn5)c4c3)c2)c2ccccc21. The number of pyridine rings is 1. The van der Waals surface area contributed by atoms with Gasteiger partial charge in [0.1, 0.15) is 24.0 Å². The number of ether oxygens (including phenoxy) is 1. The smallest absolute Gasteiger partial charge is 0.137 e. The Bertz CT molecular complexity index is 4090. The Morgan fingerprint density at radius 1 is 0.542 bits per heavy atom. The molecule has 0 aliphatic carbocycles. The summed E-state index contributed by atoms with van der Waals surface area (Å²) in [6.07, 6.45) is 0.0242. The Kier molecular flexibility index (Phi) is 9.27. The highest BCUT2D eigenvalue weighted by Crippen LogP contribution is 2.51. The van der Waals surface area contributed by atoms with E-state index in [4.69, 9.17) is 12.5 Å². The van der Waals surface area contributed by atoms with E-state index in [2.05, 4.69) is 11.0 Å². The van der Waals surface area contributed by atoms with E-state index in [1.54, 1.807) is 24.4 Å². The first kappa shape index (κ1) is 37.0. The average molecular weight is 950 g/mol. The zero-order valence-electron chi connectivity index (χ0n) is 51.4. The van der Waals surface area contributed by atoms with Crippen LogP contribution in [0.1, 0.15) is 91.3 Å². The van der Waals surface area contributed by atoms with Gasteiger partial charge in [-0.2, -0.15) is 0 Å². The Morgan fingerprint density at radius 2 is 1.17 bits per heavy atom. The third-order valence-corrected chi connectivity index (χ3v) is 13.1. The van der Waals surface area contributed by atoms with E-state index in [0.29, 0.717) is 45.3 Å². The largest absolute Gasteiger partial charge is 0.457 e. The van der Waals surface area contributed by atoms with Crippen molar-refractivity contribution >= 4 is 44.6 Å². The first-order valence-electron chi connectivity index (χ1n) is 29.1. The highest BCUT2D eigenvalue weighted by molar-refractivity contribution is 6.09. The third kappa shape index (κ3) is 9.05. The Hall–Kier alpha value is -7.89. The van der Waals surface area contributed by atoms with Crippen molar-refractivity contribution in [1.82, 2.24) is 9.55 Å². The lowest BCUT2D eigenvalue weighted by atomic mass is 9.78. The number of para-hydroxylation sites is 4. The van der Waals surface area contributed by atoms with Gasteiger partial charge in [0.2, 0.25) is 0 Å². The summed E-state index contributed by atoms with van der Waals surface area (Å²) in [6.45, 7) is 17.9. The fraction of sp³-hybridized carbons (Fsp3) is 0.209. The summed E-state index contributed by atoms with van der Waals surface area (Å²) in [7, 11) is 0. The van der Waals surface area contributed by atoms with Gasteiger partial charge < -0.3 is 14.5 Å². The number of fused-ring (bicyclic) bond motifs is 4. The molecule has 0 atom stereocenters. The van der Waals surface area contributed by atoms with E-state index in [-0.39, 0.29) is 70.9 Å². The summed E-state index contributed by atoms with van der Waals surface area (Å²) in [5.41, 5.74) is 6.15. The number of rotatable bonds is 9. The highest BCUT2D eigenvalue weighted by Gasteiger charge is 2.32. The molecule has 0 unspecified atom stereocenters. The average Bonchev–Trinajstić information content (AvgIpc) is 2.91. The molecule has 8 aromatic carbocycles. The molecule has 0 fully saturated rings. The van der Waals surface area contributed by atoms with Crippen LogP contribution < -0.4 is 14.5 Å². The fourth-order valence-corrected chi connectivity index (χ4v) is 9.60. The zero-order chi connectivity index (χ0) is 57.8. The number of nitrogens with zero attached hydrogens (tertiary/aromatic N) is 4. The molecule has 0 bridgehead atoms. The molecule has 0 radical (unpaired) electrons. The second-order valence-electron chi connectivity index (χ2n) is 21.7. The number of anilines is 4. The van der Waals surface area contributed by atoms with Crippen LogP contribution in [0.3, 0.4) is 0 Å². The Balaban J connectivity index is 1.07. The molecule has 0 saturated heterocycles. The lowest BCUT2D eigenvalue weighted by Crippen LogP contribution is -2.25. The van der Waals surface area contributed by atoms with Crippen LogP contribution in [0.15, 0.2) is 200 Å². The van der Waals surface area contributed by atoms with Crippen molar-refractivity contribution in [2.24, 2.45) is 5.41 Å². The van der Waals surface area contributed by atoms with Crippen LogP contribution in [0.25, 0.3) is 61.0 Å². The molecule has 5 heteroatoms. The quantitative estimate of drug-likeness (QED) is 0.144. The molecular formula is C67H64N4O. The maximum atomic E-state index is 10.0. The van der Waals surface area contributed by atoms with Crippen LogP contribution in [0.5, 0.6) is 11.5 Å². The van der Waals surface area contributed by atoms with Crippen molar-refractivity contribution in [1.29, 1.82) is 0 Å². The van der Waals surface area contributed by atoms with Gasteiger partial charge in [-0.15, -0.1) is 0 Å². The van der Waals surface area contributed by atoms with Gasteiger partial charge in [-0.3, -0.25) is 4.57 Å². The molecule has 358 valence electrons. The maximum absolute atomic E-state index is 10.0. The molecule has 1 aliphatic rings. The van der Waals surface area contributed by atoms with Crippen molar-refractivity contribution < 1.29 is 17.1 Å². The summed E-state index contributed by atoms with van der Waals surface area (Å²) in [4.78, 5) is 8.83. The number of hydrogen-bond acceptors (Lipinski definition) is 4. The molecule has 5 nitrogen and oxygen atoms in total. The first-order valence-corrected chi connectivity index (χ1v) is 24.6. The van der Waals surface area contributed by atoms with Gasteiger partial charge in [-0.05, 0) is 116 Å². The second kappa shape index (κ2) is 18.1. The lowest BCUT2D eigenvalue weighted by molar-refractivity contribution is 0.411. The molecule has 10 aromatic rings. The predicted molar refractivity (Wildman–Crippen MR) is 304 cm³/mol. The molecule has 3 heterocycles. The van der Waals surface area contributed by atoms with Gasteiger partial charge in [0, 0.05) is 48.7 Å². The van der Waals surface area contributed by atoms with E-state index >= 15 is 0 Å². The molecule has 2 aromatic heterocycles. The van der Waals surface area contributed by atoms with E-state index in [0.717, 1.165) is 38.7 Å². The van der Waals surface area contributed by atoms with Crippen LogP contribution in [0.2, 0.25) is 0 Å². The number of aromatic nitrogens is 2. The van der Waals surface area contributed by atoms with Crippen LogP contribution in [-0.2, 0) is 17.2 Å². The zero-order valence-corrected chi connectivity index (χ0v) is 42.4. The molecule has 0 N–H and O–H groups in total. The maximum Gasteiger partial charge on any atom is 0.137 e. The minimum atomic E-state index is -1.64. The summed E-state index contributed by atoms with van der Waals surface area (Å²) >= 11 is 0. The van der Waals surface area contributed by atoms with Crippen molar-refractivity contribution in [2.45, 2.75) is 79.5 Å².